The van der Waals surface area contributed by atoms with Crippen molar-refractivity contribution in [2.45, 2.75) is 4.90 Å². The van der Waals surface area contributed by atoms with Crippen molar-refractivity contribution < 1.29 is 17.2 Å². The van der Waals surface area contributed by atoms with E-state index in [4.69, 9.17) is 11.6 Å². The Kier molecular flexibility index (Phi) is 3.73. The van der Waals surface area contributed by atoms with E-state index in [9.17, 15) is 17.2 Å². The maximum atomic E-state index is 13.0. The fraction of sp³-hybridized carbons (Fsp3) is 0. The Labute approximate surface area is 113 Å². The third-order valence-corrected chi connectivity index (χ3v) is 3.93. The van der Waals surface area contributed by atoms with Crippen LogP contribution in [0.2, 0.25) is 5.02 Å². The van der Waals surface area contributed by atoms with E-state index < -0.39 is 21.7 Å². The van der Waals surface area contributed by atoms with Gasteiger partial charge < -0.3 is 0 Å². The molecule has 0 aliphatic heterocycles. The molecule has 3 nitrogen and oxygen atoms in total. The summed E-state index contributed by atoms with van der Waals surface area (Å²) in [5, 5.41) is 0.454. The molecule has 0 saturated carbocycles. The Bertz CT molecular complexity index is 702. The minimum atomic E-state index is -3.97. The predicted octanol–water partition coefficient (Wildman–Crippen LogP) is 3.42. The molecule has 0 radical (unpaired) electrons. The monoisotopic (exact) mass is 303 g/mol. The summed E-state index contributed by atoms with van der Waals surface area (Å²) in [6.45, 7) is 0. The molecule has 0 aromatic heterocycles. The zero-order valence-electron chi connectivity index (χ0n) is 9.40. The second-order valence-corrected chi connectivity index (χ2v) is 5.81. The van der Waals surface area contributed by atoms with Crippen LogP contribution in [0, 0.1) is 11.6 Å². The molecule has 0 bridgehead atoms. The summed E-state index contributed by atoms with van der Waals surface area (Å²) in [4.78, 5) is -0.360. The molecule has 2 aromatic rings. The molecule has 7 heteroatoms. The van der Waals surface area contributed by atoms with Crippen molar-refractivity contribution in [1.82, 2.24) is 0 Å². The van der Waals surface area contributed by atoms with Gasteiger partial charge >= 0.3 is 0 Å². The number of halogens is 3. The van der Waals surface area contributed by atoms with E-state index in [1.165, 1.54) is 24.3 Å². The molecule has 0 fully saturated rings. The minimum absolute atomic E-state index is 0.272. The van der Waals surface area contributed by atoms with Crippen LogP contribution in [0.25, 0.3) is 0 Å². The molecule has 0 unspecified atom stereocenters. The standard InChI is InChI=1S/C12H8ClF2NO2S/c13-8-1-3-9(4-2-8)16-19(17,18)10-5-6-11(14)12(15)7-10/h1-7,16H. The number of anilines is 1. The van der Waals surface area contributed by atoms with Crippen LogP contribution in [0.3, 0.4) is 0 Å². The Morgan fingerprint density at radius 3 is 2.16 bits per heavy atom. The highest BCUT2D eigenvalue weighted by atomic mass is 35.5. The highest BCUT2D eigenvalue weighted by molar-refractivity contribution is 7.92. The third kappa shape index (κ3) is 3.21. The summed E-state index contributed by atoms with van der Waals surface area (Å²) in [5.41, 5.74) is 0.272. The van der Waals surface area contributed by atoms with Crippen LogP contribution in [-0.2, 0) is 10.0 Å². The molecular weight excluding hydrogens is 296 g/mol. The summed E-state index contributed by atoms with van der Waals surface area (Å²) in [6.07, 6.45) is 0. The van der Waals surface area contributed by atoms with Gasteiger partial charge in [-0.2, -0.15) is 0 Å². The minimum Gasteiger partial charge on any atom is -0.280 e. The van der Waals surface area contributed by atoms with Crippen molar-refractivity contribution in [2.24, 2.45) is 0 Å². The second kappa shape index (κ2) is 5.14. The van der Waals surface area contributed by atoms with Crippen LogP contribution < -0.4 is 4.72 Å². The summed E-state index contributed by atoms with van der Waals surface area (Å²) in [5.74, 6) is -2.33. The van der Waals surface area contributed by atoms with Gasteiger partial charge in [0.15, 0.2) is 11.6 Å². The quantitative estimate of drug-likeness (QED) is 0.944. The van der Waals surface area contributed by atoms with Crippen molar-refractivity contribution in [3.05, 3.63) is 59.1 Å². The number of sulfonamides is 1. The first-order valence-corrected chi connectivity index (χ1v) is 6.98. The van der Waals surface area contributed by atoms with Gasteiger partial charge in [-0.05, 0) is 42.5 Å². The maximum absolute atomic E-state index is 13.0. The van der Waals surface area contributed by atoms with Gasteiger partial charge in [0, 0.05) is 10.7 Å². The summed E-state index contributed by atoms with van der Waals surface area (Å²) in [7, 11) is -3.97. The van der Waals surface area contributed by atoms with E-state index in [1.54, 1.807) is 0 Å². The van der Waals surface area contributed by atoms with Gasteiger partial charge in [0.1, 0.15) is 0 Å². The molecule has 0 saturated heterocycles. The van der Waals surface area contributed by atoms with Gasteiger partial charge in [0.25, 0.3) is 10.0 Å². The first-order chi connectivity index (χ1) is 8.88. The number of nitrogens with one attached hydrogen (secondary N) is 1. The van der Waals surface area contributed by atoms with E-state index in [0.717, 1.165) is 12.1 Å². The molecule has 0 spiro atoms. The Morgan fingerprint density at radius 1 is 0.947 bits per heavy atom. The molecule has 0 amide bonds. The smallest absolute Gasteiger partial charge is 0.261 e. The molecule has 2 aromatic carbocycles. The van der Waals surface area contributed by atoms with E-state index in [2.05, 4.69) is 4.72 Å². The normalized spacial score (nSPS) is 11.3. The van der Waals surface area contributed by atoms with Crippen LogP contribution in [-0.4, -0.2) is 8.42 Å². The third-order valence-electron chi connectivity index (χ3n) is 2.30. The predicted molar refractivity (Wildman–Crippen MR) is 68.6 cm³/mol. The topological polar surface area (TPSA) is 46.2 Å². The average Bonchev–Trinajstić information content (AvgIpc) is 2.35. The zero-order chi connectivity index (χ0) is 14.0. The van der Waals surface area contributed by atoms with Crippen molar-refractivity contribution in [2.75, 3.05) is 4.72 Å². The van der Waals surface area contributed by atoms with Gasteiger partial charge in [-0.25, -0.2) is 17.2 Å². The second-order valence-electron chi connectivity index (χ2n) is 3.69. The van der Waals surface area contributed by atoms with Crippen LogP contribution >= 0.6 is 11.6 Å². The SMILES string of the molecule is O=S(=O)(Nc1ccc(Cl)cc1)c1ccc(F)c(F)c1. The molecule has 0 heterocycles. The first kappa shape index (κ1) is 13.8. The largest absolute Gasteiger partial charge is 0.280 e. The van der Waals surface area contributed by atoms with Gasteiger partial charge in [-0.1, -0.05) is 11.6 Å². The summed E-state index contributed by atoms with van der Waals surface area (Å²) in [6, 6.07) is 8.28. The molecular formula is C12H8ClF2NO2S. The number of benzene rings is 2. The lowest BCUT2D eigenvalue weighted by atomic mass is 10.3. The van der Waals surface area contributed by atoms with Crippen LogP contribution in [0.1, 0.15) is 0 Å². The summed E-state index contributed by atoms with van der Waals surface area (Å²) < 4.78 is 51.8. The number of rotatable bonds is 3. The zero-order valence-corrected chi connectivity index (χ0v) is 11.0. The molecule has 0 aliphatic carbocycles. The Balaban J connectivity index is 2.32. The first-order valence-electron chi connectivity index (χ1n) is 5.12. The average molecular weight is 304 g/mol. The molecule has 0 aliphatic rings. The van der Waals surface area contributed by atoms with Gasteiger partial charge in [0.2, 0.25) is 0 Å². The fourth-order valence-electron chi connectivity index (χ4n) is 1.38. The highest BCUT2D eigenvalue weighted by Crippen LogP contribution is 2.19. The van der Waals surface area contributed by atoms with Crippen molar-refractivity contribution >= 4 is 27.3 Å². The van der Waals surface area contributed by atoms with Crippen molar-refractivity contribution in [3.63, 3.8) is 0 Å². The number of hydrogen-bond donors (Lipinski definition) is 1. The molecule has 1 N–H and O–H groups in total. The Hall–Kier alpha value is -1.66. The lowest BCUT2D eigenvalue weighted by Crippen LogP contribution is -2.13. The highest BCUT2D eigenvalue weighted by Gasteiger charge is 2.16. The van der Waals surface area contributed by atoms with Gasteiger partial charge in [0.05, 0.1) is 4.90 Å². The Morgan fingerprint density at radius 2 is 1.58 bits per heavy atom. The molecule has 19 heavy (non-hydrogen) atoms. The molecule has 0 atom stereocenters. The molecule has 2 rings (SSSR count). The van der Waals surface area contributed by atoms with Gasteiger partial charge in [-0.15, -0.1) is 0 Å². The van der Waals surface area contributed by atoms with Crippen LogP contribution in [0.15, 0.2) is 47.4 Å². The van der Waals surface area contributed by atoms with Crippen LogP contribution in [0.5, 0.6) is 0 Å². The van der Waals surface area contributed by atoms with Gasteiger partial charge in [-0.3, -0.25) is 4.72 Å². The van der Waals surface area contributed by atoms with Crippen molar-refractivity contribution in [1.29, 1.82) is 0 Å². The van der Waals surface area contributed by atoms with E-state index in [1.807, 2.05) is 0 Å². The van der Waals surface area contributed by atoms with E-state index in [0.29, 0.717) is 11.1 Å². The lowest BCUT2D eigenvalue weighted by molar-refractivity contribution is 0.504. The molecule has 100 valence electrons. The number of hydrogen-bond acceptors (Lipinski definition) is 2. The summed E-state index contributed by atoms with van der Waals surface area (Å²) >= 11 is 5.67. The van der Waals surface area contributed by atoms with Crippen molar-refractivity contribution in [3.8, 4) is 0 Å². The fourth-order valence-corrected chi connectivity index (χ4v) is 2.57. The van der Waals surface area contributed by atoms with E-state index in [-0.39, 0.29) is 10.6 Å². The maximum Gasteiger partial charge on any atom is 0.261 e. The van der Waals surface area contributed by atoms with Crippen LogP contribution in [0.4, 0.5) is 14.5 Å². The van der Waals surface area contributed by atoms with E-state index >= 15 is 0 Å². The lowest BCUT2D eigenvalue weighted by Gasteiger charge is -2.08.